The molecule has 2 fully saturated rings. The van der Waals surface area contributed by atoms with Gasteiger partial charge in [0, 0.05) is 29.8 Å². The third kappa shape index (κ3) is 22.7. The zero-order valence-corrected chi connectivity index (χ0v) is 64.9. The molecule has 11 aromatic carbocycles. The molecular weight excluding hydrogens is 1480 g/mol. The van der Waals surface area contributed by atoms with Gasteiger partial charge >= 0.3 is 12.2 Å². The highest BCUT2D eigenvalue weighted by molar-refractivity contribution is 5.72. The average Bonchev–Trinajstić information content (AvgIpc) is 0.781. The molecule has 2 nitrogen and oxygen atoms in total. The van der Waals surface area contributed by atoms with Gasteiger partial charge in [-0.15, -0.1) is 0 Å². The predicted octanol–water partition coefficient (Wildman–Crippen LogP) is 30.4. The van der Waals surface area contributed by atoms with Crippen molar-refractivity contribution < 1.29 is 75.3 Å². The molecule has 0 aromatic heterocycles. The summed E-state index contributed by atoms with van der Waals surface area (Å²) in [6.45, 7) is 12.9. The highest BCUT2D eigenvalue weighted by Gasteiger charge is 2.43. The van der Waals surface area contributed by atoms with E-state index in [1.807, 2.05) is 38.1 Å². The first-order valence-corrected chi connectivity index (χ1v) is 39.5. The second-order valence-electron chi connectivity index (χ2n) is 29.5. The standard InChI is InChI=1S/C31H37F.C23H30.C22H15F7O.C21H13F7O/c1-3-5-6-7-24-10-12-25(13-11-24)26-16-18-27(19-17-26)29-20-21-30(31(32)22-29)28-14-8-23(4-2)9-15-28;1-3-5-19-8-12-21(13-9-19)23-16-14-22(15-17-23)20-10-6-18(4-2)7-11-20;1-2-3-12-4-6-13(7-5-12)14-8-16(23)20(17(24)9-14)22(28,29)30-15-10-18(25)21(27)19(26)11-15;1-2-11-3-5-12(6-4-11)13-7-15(22)19(16(23)8-13)21(27,28)29-14-9-17(24)20(26)18(25)10-14/h8-9,14-22,24-25H,3-7,10-13H2,1-2H3;6-7,10-11,14-17,19,21H,3-5,8-9,12-13H2,1-2H3;4-11H,2-3H2,1H3;3-10H,2H2,1H3. The van der Waals surface area contributed by atoms with Crippen LogP contribution in [0.3, 0.4) is 0 Å². The Morgan fingerprint density at radius 1 is 0.281 bits per heavy atom. The van der Waals surface area contributed by atoms with Gasteiger partial charge < -0.3 is 9.47 Å². The molecule has 2 aliphatic rings. The molecule has 0 atom stereocenters. The minimum Gasteiger partial charge on any atom is -0.429 e. The largest absolute Gasteiger partial charge is 0.432 e. The Morgan fingerprint density at radius 3 is 0.921 bits per heavy atom. The Morgan fingerprint density at radius 2 is 0.588 bits per heavy atom. The van der Waals surface area contributed by atoms with E-state index in [1.54, 1.807) is 60.2 Å². The molecule has 2 saturated carbocycles. The van der Waals surface area contributed by atoms with E-state index in [9.17, 15) is 65.9 Å². The second kappa shape index (κ2) is 40.3. The fourth-order valence-electron chi connectivity index (χ4n) is 15.0. The topological polar surface area (TPSA) is 18.5 Å². The number of hydrogen-bond donors (Lipinski definition) is 0. The van der Waals surface area contributed by atoms with Crippen molar-refractivity contribution in [1.29, 1.82) is 0 Å². The van der Waals surface area contributed by atoms with Crippen LogP contribution in [0.4, 0.5) is 65.9 Å². The molecule has 0 radical (unpaired) electrons. The molecule has 13 rings (SSSR count). The Labute approximate surface area is 659 Å². The molecule has 2 aliphatic carbocycles. The molecule has 0 aliphatic heterocycles. The van der Waals surface area contributed by atoms with Gasteiger partial charge in [0.25, 0.3) is 0 Å². The molecule has 0 unspecified atom stereocenters. The first-order chi connectivity index (χ1) is 54.7. The third-order valence-electron chi connectivity index (χ3n) is 21.6. The van der Waals surface area contributed by atoms with E-state index in [4.69, 9.17) is 0 Å². The number of halogens is 15. The smallest absolute Gasteiger partial charge is 0.429 e. The lowest BCUT2D eigenvalue weighted by Crippen LogP contribution is -2.25. The summed E-state index contributed by atoms with van der Waals surface area (Å²) in [5.74, 6) is -16.4. The summed E-state index contributed by atoms with van der Waals surface area (Å²) in [5.41, 5.74) is 11.4. The number of alkyl halides is 4. The van der Waals surface area contributed by atoms with Crippen molar-refractivity contribution in [3.63, 3.8) is 0 Å². The van der Waals surface area contributed by atoms with Gasteiger partial charge in [0.05, 0.1) is 0 Å². The van der Waals surface area contributed by atoms with Crippen LogP contribution in [0.2, 0.25) is 0 Å². The van der Waals surface area contributed by atoms with Crippen molar-refractivity contribution in [2.45, 2.75) is 188 Å². The maximum Gasteiger partial charge on any atom is 0.432 e. The number of ether oxygens (including phenoxy) is 2. The zero-order valence-electron chi connectivity index (χ0n) is 64.9. The van der Waals surface area contributed by atoms with Gasteiger partial charge in [0.1, 0.15) is 51.7 Å². The van der Waals surface area contributed by atoms with Crippen molar-refractivity contribution in [3.8, 4) is 67.1 Å². The van der Waals surface area contributed by atoms with Crippen LogP contribution in [-0.4, -0.2) is 0 Å². The summed E-state index contributed by atoms with van der Waals surface area (Å²) in [5, 5.41) is 0. The van der Waals surface area contributed by atoms with Gasteiger partial charge in [-0.2, -0.15) is 17.6 Å². The lowest BCUT2D eigenvalue weighted by molar-refractivity contribution is -0.190. The highest BCUT2D eigenvalue weighted by atomic mass is 19.3. The molecule has 11 aromatic rings. The summed E-state index contributed by atoms with van der Waals surface area (Å²) in [7, 11) is 0. The molecule has 0 heterocycles. The van der Waals surface area contributed by atoms with E-state index >= 15 is 0 Å². The maximum atomic E-state index is 14.9. The SMILES string of the molecule is CCCC1CCC(c2ccc(-c3ccc(CC)cc3)cc2)CC1.CCCCCC1CCC(c2ccc(-c3ccc(-c4ccc(CC)cc4)c(F)c3)cc2)CC1.CCCc1ccc(-c2cc(F)c(C(F)(F)Oc3cc(F)c(F)c(F)c3)c(F)c2)cc1.CCc1ccc(-c2cc(F)c(C(F)(F)Oc3cc(F)c(F)c(F)c3)c(F)c2)cc1. The first kappa shape index (κ1) is 86.4. The summed E-state index contributed by atoms with van der Waals surface area (Å²) >= 11 is 0. The quantitative estimate of drug-likeness (QED) is 0.0341. The predicted molar refractivity (Wildman–Crippen MR) is 425 cm³/mol. The van der Waals surface area contributed by atoms with Crippen molar-refractivity contribution in [2.24, 2.45) is 11.8 Å². The summed E-state index contributed by atoms with van der Waals surface area (Å²) < 4.78 is 217. The minimum atomic E-state index is -4.62. The molecule has 0 amide bonds. The van der Waals surface area contributed by atoms with Crippen molar-refractivity contribution in [3.05, 3.63) is 321 Å². The van der Waals surface area contributed by atoms with Crippen molar-refractivity contribution >= 4 is 0 Å². The highest BCUT2D eigenvalue weighted by Crippen LogP contribution is 2.44. The van der Waals surface area contributed by atoms with Gasteiger partial charge in [-0.05, 0) is 215 Å². The Kier molecular flexibility index (Phi) is 30.5. The van der Waals surface area contributed by atoms with Gasteiger partial charge in [0.15, 0.2) is 34.9 Å². The molecule has 0 spiro atoms. The van der Waals surface area contributed by atoms with Gasteiger partial charge in [-0.3, -0.25) is 0 Å². The summed E-state index contributed by atoms with van der Waals surface area (Å²) in [6, 6.07) is 57.9. The van der Waals surface area contributed by atoms with Crippen LogP contribution in [0.5, 0.6) is 11.5 Å². The van der Waals surface area contributed by atoms with Crippen LogP contribution in [0.25, 0.3) is 55.6 Å². The Bertz CT molecular complexity index is 4820. The summed E-state index contributed by atoms with van der Waals surface area (Å²) in [6.07, 6.45) is 14.7. The molecule has 0 N–H and O–H groups in total. The van der Waals surface area contributed by atoms with Crippen LogP contribution in [0, 0.1) is 75.8 Å². The van der Waals surface area contributed by atoms with E-state index in [2.05, 4.69) is 122 Å². The van der Waals surface area contributed by atoms with Gasteiger partial charge in [-0.1, -0.05) is 244 Å². The zero-order chi connectivity index (χ0) is 81.8. The van der Waals surface area contributed by atoms with Crippen LogP contribution >= 0.6 is 0 Å². The van der Waals surface area contributed by atoms with E-state index < -0.39 is 93.0 Å². The average molecular weight is 1580 g/mol. The fourth-order valence-corrected chi connectivity index (χ4v) is 15.0. The molecule has 0 bridgehead atoms. The van der Waals surface area contributed by atoms with E-state index in [-0.39, 0.29) is 41.2 Å². The third-order valence-corrected chi connectivity index (χ3v) is 21.6. The lowest BCUT2D eigenvalue weighted by Gasteiger charge is -2.29. The number of benzene rings is 11. The minimum absolute atomic E-state index is 0.0149. The van der Waals surface area contributed by atoms with Crippen LogP contribution in [-0.2, 0) is 37.9 Å². The van der Waals surface area contributed by atoms with Crippen LogP contribution in [0.15, 0.2) is 212 Å². The Hall–Kier alpha value is -10.0. The molecule has 0 saturated heterocycles. The monoisotopic (exact) mass is 1580 g/mol. The Balaban J connectivity index is 0.000000162. The fraction of sp³-hybridized carbons (Fsp3) is 0.320. The molecule has 600 valence electrons. The molecule has 17 heteroatoms. The van der Waals surface area contributed by atoms with E-state index in [0.717, 1.165) is 77.7 Å². The van der Waals surface area contributed by atoms with Crippen LogP contribution < -0.4 is 9.47 Å². The van der Waals surface area contributed by atoms with Crippen LogP contribution in [0.1, 0.15) is 194 Å². The molecular formula is C97H95F15O2. The van der Waals surface area contributed by atoms with E-state index in [0.29, 0.717) is 46.9 Å². The number of aryl methyl sites for hydroxylation is 4. The number of rotatable bonds is 24. The first-order valence-electron chi connectivity index (χ1n) is 39.5. The molecule has 114 heavy (non-hydrogen) atoms. The van der Waals surface area contributed by atoms with Gasteiger partial charge in [-0.25, -0.2) is 48.3 Å². The number of hydrogen-bond acceptors (Lipinski definition) is 2. The van der Waals surface area contributed by atoms with Crippen molar-refractivity contribution in [1.82, 2.24) is 0 Å². The second-order valence-corrected chi connectivity index (χ2v) is 29.5. The van der Waals surface area contributed by atoms with E-state index in [1.165, 1.54) is 118 Å². The summed E-state index contributed by atoms with van der Waals surface area (Å²) in [4.78, 5) is 0. The number of unbranched alkanes of at least 4 members (excludes halogenated alkanes) is 2. The lowest BCUT2D eigenvalue weighted by atomic mass is 9.77. The van der Waals surface area contributed by atoms with Crippen molar-refractivity contribution in [2.75, 3.05) is 0 Å². The van der Waals surface area contributed by atoms with Gasteiger partial charge in [0.2, 0.25) is 0 Å². The maximum absolute atomic E-state index is 14.9. The normalized spacial score (nSPS) is 15.5.